The Kier molecular flexibility index (Phi) is 3.86. The van der Waals surface area contributed by atoms with Crippen LogP contribution in [0.1, 0.15) is 38.2 Å². The molecule has 0 unspecified atom stereocenters. The van der Waals surface area contributed by atoms with E-state index in [1.165, 1.54) is 30.5 Å². The van der Waals surface area contributed by atoms with Crippen molar-refractivity contribution in [3.8, 4) is 0 Å². The molecule has 2 heteroatoms. The summed E-state index contributed by atoms with van der Waals surface area (Å²) in [7, 11) is 0. The van der Waals surface area contributed by atoms with E-state index in [0.29, 0.717) is 0 Å². The first-order chi connectivity index (χ1) is 7.92. The average molecular weight is 214 g/mol. The molecule has 0 aliphatic carbocycles. The number of unbranched alkanes of at least 4 members (excludes halogenated alkanes) is 2. The average Bonchev–Trinajstić information content (AvgIpc) is 2.52. The molecule has 1 aliphatic rings. The van der Waals surface area contributed by atoms with Crippen LogP contribution in [0.15, 0.2) is 34.3 Å². The van der Waals surface area contributed by atoms with E-state index in [4.69, 9.17) is 0 Å². The van der Waals surface area contributed by atoms with Gasteiger partial charge in [-0.1, -0.05) is 38.0 Å². The van der Waals surface area contributed by atoms with Gasteiger partial charge in [0.25, 0.3) is 0 Å². The maximum atomic E-state index is 4.60. The fraction of sp³-hybridized carbons (Fsp3) is 0.429. The van der Waals surface area contributed by atoms with Crippen molar-refractivity contribution in [1.82, 2.24) is 0 Å². The molecule has 1 aliphatic heterocycles. The Morgan fingerprint density at radius 3 is 2.94 bits per heavy atom. The molecular weight excluding hydrogens is 196 g/mol. The molecule has 0 radical (unpaired) electrons. The molecular formula is C14H18N2. The van der Waals surface area contributed by atoms with Gasteiger partial charge in [-0.15, -0.1) is 0 Å². The zero-order valence-electron chi connectivity index (χ0n) is 9.82. The molecule has 0 saturated heterocycles. The smallest absolute Gasteiger partial charge is 0.0746 e. The van der Waals surface area contributed by atoms with Crippen LogP contribution in [-0.4, -0.2) is 18.5 Å². The first kappa shape index (κ1) is 11.1. The van der Waals surface area contributed by atoms with Gasteiger partial charge in [0.2, 0.25) is 0 Å². The van der Waals surface area contributed by atoms with Crippen LogP contribution in [0.5, 0.6) is 0 Å². The highest BCUT2D eigenvalue weighted by molar-refractivity contribution is 6.06. The highest BCUT2D eigenvalue weighted by Gasteiger charge is 2.09. The number of fused-ring (bicyclic) bond motifs is 1. The van der Waals surface area contributed by atoms with Gasteiger partial charge in [0.15, 0.2) is 0 Å². The number of aliphatic imine (C=N–C) groups is 2. The third-order valence-corrected chi connectivity index (χ3v) is 2.83. The van der Waals surface area contributed by atoms with E-state index in [-0.39, 0.29) is 0 Å². The Bertz CT molecular complexity index is 405. The van der Waals surface area contributed by atoms with Crippen molar-refractivity contribution in [2.45, 2.75) is 32.6 Å². The van der Waals surface area contributed by atoms with E-state index in [1.54, 1.807) is 0 Å². The minimum absolute atomic E-state index is 0.718. The van der Waals surface area contributed by atoms with Crippen molar-refractivity contribution in [2.24, 2.45) is 9.98 Å². The summed E-state index contributed by atoms with van der Waals surface area (Å²) in [6, 6.07) is 8.29. The van der Waals surface area contributed by atoms with E-state index in [0.717, 1.165) is 18.7 Å². The van der Waals surface area contributed by atoms with Crippen LogP contribution in [0.25, 0.3) is 0 Å². The molecule has 0 amide bonds. The second-order valence-electron chi connectivity index (χ2n) is 4.07. The van der Waals surface area contributed by atoms with Gasteiger partial charge >= 0.3 is 0 Å². The molecule has 0 N–H and O–H groups in total. The lowest BCUT2D eigenvalue weighted by Crippen LogP contribution is -2.01. The first-order valence-corrected chi connectivity index (χ1v) is 6.07. The predicted octanol–water partition coefficient (Wildman–Crippen LogP) is 3.77. The van der Waals surface area contributed by atoms with E-state index in [1.807, 2.05) is 12.3 Å². The van der Waals surface area contributed by atoms with Crippen molar-refractivity contribution in [2.75, 3.05) is 6.54 Å². The Labute approximate surface area is 97.1 Å². The Balaban J connectivity index is 2.18. The molecule has 1 aromatic carbocycles. The van der Waals surface area contributed by atoms with Gasteiger partial charge in [-0.3, -0.25) is 9.98 Å². The summed E-state index contributed by atoms with van der Waals surface area (Å²) in [5.74, 6) is 0. The summed E-state index contributed by atoms with van der Waals surface area (Å²) in [4.78, 5) is 9.03. The first-order valence-electron chi connectivity index (χ1n) is 6.07. The highest BCUT2D eigenvalue weighted by atomic mass is 14.8. The van der Waals surface area contributed by atoms with Crippen LogP contribution in [0.2, 0.25) is 0 Å². The van der Waals surface area contributed by atoms with Crippen molar-refractivity contribution >= 4 is 17.6 Å². The topological polar surface area (TPSA) is 24.7 Å². The second-order valence-corrected chi connectivity index (χ2v) is 4.07. The maximum Gasteiger partial charge on any atom is 0.0746 e. The Morgan fingerprint density at radius 2 is 2.06 bits per heavy atom. The van der Waals surface area contributed by atoms with Crippen LogP contribution < -0.4 is 0 Å². The fourth-order valence-corrected chi connectivity index (χ4v) is 1.96. The zero-order valence-corrected chi connectivity index (χ0v) is 9.82. The van der Waals surface area contributed by atoms with Gasteiger partial charge in [-0.05, 0) is 18.9 Å². The number of hydrogen-bond acceptors (Lipinski definition) is 2. The Morgan fingerprint density at radius 1 is 1.19 bits per heavy atom. The highest BCUT2D eigenvalue weighted by Crippen LogP contribution is 2.23. The molecule has 84 valence electrons. The summed E-state index contributed by atoms with van der Waals surface area (Å²) in [6.07, 6.45) is 6.73. The van der Waals surface area contributed by atoms with E-state index in [9.17, 15) is 0 Å². The van der Waals surface area contributed by atoms with Gasteiger partial charge in [0, 0.05) is 17.5 Å². The molecule has 1 heterocycles. The van der Waals surface area contributed by atoms with Crippen molar-refractivity contribution in [3.63, 3.8) is 0 Å². The molecule has 2 nitrogen and oxygen atoms in total. The van der Waals surface area contributed by atoms with E-state index in [2.05, 4.69) is 35.1 Å². The molecule has 0 bridgehead atoms. The molecule has 0 fully saturated rings. The normalized spacial score (nSPS) is 14.2. The maximum absolute atomic E-state index is 4.60. The SMILES string of the molecule is CCCCCC1=NCC=Nc2ccccc21. The fourth-order valence-electron chi connectivity index (χ4n) is 1.96. The van der Waals surface area contributed by atoms with Crippen molar-refractivity contribution in [3.05, 3.63) is 29.8 Å². The van der Waals surface area contributed by atoms with Crippen molar-refractivity contribution < 1.29 is 0 Å². The number of nitrogens with zero attached hydrogens (tertiary/aromatic N) is 2. The minimum atomic E-state index is 0.718. The monoisotopic (exact) mass is 214 g/mol. The van der Waals surface area contributed by atoms with Crippen molar-refractivity contribution in [1.29, 1.82) is 0 Å². The predicted molar refractivity (Wildman–Crippen MR) is 70.1 cm³/mol. The molecule has 0 atom stereocenters. The van der Waals surface area contributed by atoms with Crippen LogP contribution in [0.4, 0.5) is 5.69 Å². The van der Waals surface area contributed by atoms with E-state index >= 15 is 0 Å². The number of rotatable bonds is 4. The number of benzene rings is 1. The van der Waals surface area contributed by atoms with Crippen LogP contribution >= 0.6 is 0 Å². The van der Waals surface area contributed by atoms with Gasteiger partial charge in [-0.2, -0.15) is 0 Å². The van der Waals surface area contributed by atoms with Gasteiger partial charge in [-0.25, -0.2) is 0 Å². The third kappa shape index (κ3) is 2.57. The van der Waals surface area contributed by atoms with Crippen LogP contribution in [-0.2, 0) is 0 Å². The summed E-state index contributed by atoms with van der Waals surface area (Å²) in [5.41, 5.74) is 3.50. The summed E-state index contributed by atoms with van der Waals surface area (Å²) >= 11 is 0. The second kappa shape index (κ2) is 5.59. The number of para-hydroxylation sites is 1. The van der Waals surface area contributed by atoms with Gasteiger partial charge in [0.05, 0.1) is 12.2 Å². The largest absolute Gasteiger partial charge is 0.283 e. The third-order valence-electron chi connectivity index (χ3n) is 2.83. The molecule has 0 spiro atoms. The van der Waals surface area contributed by atoms with Crippen LogP contribution in [0.3, 0.4) is 0 Å². The lowest BCUT2D eigenvalue weighted by molar-refractivity contribution is 0.741. The van der Waals surface area contributed by atoms with Crippen LogP contribution in [0, 0.1) is 0 Å². The summed E-state index contributed by atoms with van der Waals surface area (Å²) in [6.45, 7) is 2.95. The zero-order chi connectivity index (χ0) is 11.2. The Hall–Kier alpha value is -1.44. The number of hydrogen-bond donors (Lipinski definition) is 0. The molecule has 0 aromatic heterocycles. The standard InChI is InChI=1S/C14H18N2/c1-2-3-4-8-13-12-7-5-6-9-14(12)16-11-10-15-13/h5-7,9,11H,2-4,8,10H2,1H3. The van der Waals surface area contributed by atoms with Gasteiger partial charge < -0.3 is 0 Å². The lowest BCUT2D eigenvalue weighted by atomic mass is 10.0. The van der Waals surface area contributed by atoms with E-state index < -0.39 is 0 Å². The summed E-state index contributed by atoms with van der Waals surface area (Å²) in [5, 5.41) is 0. The molecule has 0 saturated carbocycles. The molecule has 1 aromatic rings. The lowest BCUT2D eigenvalue weighted by Gasteiger charge is -2.07. The quantitative estimate of drug-likeness (QED) is 0.682. The minimum Gasteiger partial charge on any atom is -0.283 e. The summed E-state index contributed by atoms with van der Waals surface area (Å²) < 4.78 is 0. The molecule has 16 heavy (non-hydrogen) atoms. The van der Waals surface area contributed by atoms with Gasteiger partial charge in [0.1, 0.15) is 0 Å². The molecule has 2 rings (SSSR count).